The number of Topliss-reactive ketones (excluding diaryl/α,β-unsaturated/α-hetero) is 1. The molecule has 2 heterocycles. The minimum Gasteiger partial charge on any atom is -0.507 e. The van der Waals surface area contributed by atoms with E-state index in [-0.39, 0.29) is 11.3 Å². The lowest BCUT2D eigenvalue weighted by atomic mass is 9.95. The number of ether oxygens (including phenoxy) is 4. The quantitative estimate of drug-likeness (QED) is 0.115. The van der Waals surface area contributed by atoms with Crippen LogP contribution in [0.15, 0.2) is 103 Å². The van der Waals surface area contributed by atoms with Crippen LogP contribution in [0.3, 0.4) is 0 Å². The van der Waals surface area contributed by atoms with E-state index in [1.165, 1.54) is 0 Å². The smallest absolute Gasteiger partial charge is 0.295 e. The molecule has 248 valence electrons. The molecule has 6 rings (SSSR count). The Hall–Kier alpha value is -5.12. The van der Waals surface area contributed by atoms with Crippen LogP contribution in [0.25, 0.3) is 5.76 Å². The second kappa shape index (κ2) is 15.2. The number of methoxy groups -OCH3 is 1. The van der Waals surface area contributed by atoms with E-state index in [2.05, 4.69) is 4.90 Å². The second-order valence-electron chi connectivity index (χ2n) is 11.9. The maximum absolute atomic E-state index is 13.7. The van der Waals surface area contributed by atoms with E-state index < -0.39 is 17.7 Å². The highest BCUT2D eigenvalue weighted by atomic mass is 16.5. The number of morpholine rings is 1. The Balaban J connectivity index is 1.30. The molecule has 1 amide bonds. The molecule has 2 fully saturated rings. The second-order valence-corrected chi connectivity index (χ2v) is 11.9. The van der Waals surface area contributed by atoms with Crippen molar-refractivity contribution in [2.45, 2.75) is 26.2 Å². The fraction of sp³-hybridized carbons (Fsp3) is 0.282. The van der Waals surface area contributed by atoms with Gasteiger partial charge in [-0.15, -0.1) is 0 Å². The number of hydrogen-bond donors (Lipinski definition) is 1. The molecule has 9 nitrogen and oxygen atoms in total. The summed E-state index contributed by atoms with van der Waals surface area (Å²) in [6, 6.07) is 29.2. The molecule has 0 radical (unpaired) electrons. The monoisotopic (exact) mass is 648 g/mol. The first kappa shape index (κ1) is 32.8. The molecule has 4 aromatic carbocycles. The molecule has 2 aliphatic rings. The van der Waals surface area contributed by atoms with E-state index in [9.17, 15) is 14.7 Å². The Labute approximate surface area is 280 Å². The molecular formula is C39H40N2O7. The molecule has 48 heavy (non-hydrogen) atoms. The highest BCUT2D eigenvalue weighted by Crippen LogP contribution is 2.42. The van der Waals surface area contributed by atoms with Gasteiger partial charge < -0.3 is 29.0 Å². The molecule has 9 heteroatoms. The summed E-state index contributed by atoms with van der Waals surface area (Å²) in [5, 5.41) is 11.7. The van der Waals surface area contributed by atoms with Crippen LogP contribution < -0.4 is 14.2 Å². The van der Waals surface area contributed by atoms with Gasteiger partial charge in [-0.1, -0.05) is 60.7 Å². The first-order valence-electron chi connectivity index (χ1n) is 16.1. The number of nitrogens with zero attached hydrogens (tertiary/aromatic N) is 2. The van der Waals surface area contributed by atoms with E-state index in [1.54, 1.807) is 48.4 Å². The van der Waals surface area contributed by atoms with E-state index in [4.69, 9.17) is 18.9 Å². The first-order valence-corrected chi connectivity index (χ1v) is 16.1. The lowest BCUT2D eigenvalue weighted by Crippen LogP contribution is -2.42. The highest BCUT2D eigenvalue weighted by molar-refractivity contribution is 6.46. The Morgan fingerprint density at radius 1 is 0.833 bits per heavy atom. The number of carbonyl (C=O) groups is 2. The van der Waals surface area contributed by atoms with Crippen molar-refractivity contribution in [1.29, 1.82) is 0 Å². The van der Waals surface area contributed by atoms with Gasteiger partial charge in [-0.05, 0) is 65.6 Å². The standard InChI is InChI=1S/C39H40N2O7/c1-27-8-6-7-11-31(27)26-47-32-15-12-29(13-16-32)37(42)35-36(41(39(44)38(35)43)19-18-40-20-22-46-23-21-40)30-14-17-33(34(24-30)45-2)48-25-28-9-4-3-5-10-28/h3-17,24,36,42H,18-23,25-26H2,1-2H3. The Kier molecular flexibility index (Phi) is 10.4. The largest absolute Gasteiger partial charge is 0.507 e. The fourth-order valence-electron chi connectivity index (χ4n) is 6.04. The summed E-state index contributed by atoms with van der Waals surface area (Å²) in [5.41, 5.74) is 4.28. The topological polar surface area (TPSA) is 97.8 Å². The Morgan fingerprint density at radius 3 is 2.29 bits per heavy atom. The molecule has 0 bridgehead atoms. The van der Waals surface area contributed by atoms with E-state index in [0.717, 1.165) is 29.8 Å². The maximum Gasteiger partial charge on any atom is 0.295 e. The zero-order chi connectivity index (χ0) is 33.5. The number of likely N-dealkylation sites (tertiary alicyclic amines) is 1. The number of rotatable bonds is 12. The summed E-state index contributed by atoms with van der Waals surface area (Å²) in [6.07, 6.45) is 0. The van der Waals surface area contributed by atoms with Crippen molar-refractivity contribution in [3.63, 3.8) is 0 Å². The molecule has 0 aliphatic carbocycles. The van der Waals surface area contributed by atoms with Crippen LogP contribution in [0.4, 0.5) is 0 Å². The lowest BCUT2D eigenvalue weighted by Gasteiger charge is -2.31. The van der Waals surface area contributed by atoms with Crippen LogP contribution in [0.5, 0.6) is 17.2 Å². The Morgan fingerprint density at radius 2 is 1.56 bits per heavy atom. The van der Waals surface area contributed by atoms with Gasteiger partial charge in [-0.25, -0.2) is 0 Å². The number of aryl methyl sites for hydroxylation is 1. The summed E-state index contributed by atoms with van der Waals surface area (Å²) in [7, 11) is 1.55. The first-order chi connectivity index (χ1) is 23.4. The van der Waals surface area contributed by atoms with Crippen molar-refractivity contribution in [3.05, 3.63) is 130 Å². The van der Waals surface area contributed by atoms with Crippen LogP contribution in [-0.2, 0) is 27.5 Å². The van der Waals surface area contributed by atoms with Crippen LogP contribution >= 0.6 is 0 Å². The number of aliphatic hydroxyl groups is 1. The van der Waals surface area contributed by atoms with Gasteiger partial charge in [0.25, 0.3) is 11.7 Å². The third kappa shape index (κ3) is 7.38. The number of benzene rings is 4. The zero-order valence-electron chi connectivity index (χ0n) is 27.3. The van der Waals surface area contributed by atoms with Crippen molar-refractivity contribution in [3.8, 4) is 17.2 Å². The predicted molar refractivity (Wildman–Crippen MR) is 182 cm³/mol. The number of carbonyl (C=O) groups excluding carboxylic acids is 2. The van der Waals surface area contributed by atoms with Gasteiger partial charge in [0.15, 0.2) is 11.5 Å². The maximum atomic E-state index is 13.7. The molecule has 4 aromatic rings. The lowest BCUT2D eigenvalue weighted by molar-refractivity contribution is -0.140. The van der Waals surface area contributed by atoms with E-state index in [1.807, 2.05) is 67.6 Å². The predicted octanol–water partition coefficient (Wildman–Crippen LogP) is 5.92. The third-order valence-corrected chi connectivity index (χ3v) is 8.82. The minimum absolute atomic E-state index is 0.0237. The summed E-state index contributed by atoms with van der Waals surface area (Å²) in [5.74, 6) is -0.0395. The fourth-order valence-corrected chi connectivity index (χ4v) is 6.04. The van der Waals surface area contributed by atoms with Crippen LogP contribution in [-0.4, -0.2) is 73.1 Å². The van der Waals surface area contributed by atoms with Crippen molar-refractivity contribution in [2.75, 3.05) is 46.5 Å². The van der Waals surface area contributed by atoms with Crippen molar-refractivity contribution in [2.24, 2.45) is 0 Å². The van der Waals surface area contributed by atoms with E-state index >= 15 is 0 Å². The van der Waals surface area contributed by atoms with Gasteiger partial charge in [0.1, 0.15) is 24.7 Å². The normalized spacial score (nSPS) is 17.8. The van der Waals surface area contributed by atoms with Crippen molar-refractivity contribution < 1.29 is 33.6 Å². The van der Waals surface area contributed by atoms with Gasteiger partial charge >= 0.3 is 0 Å². The molecular weight excluding hydrogens is 608 g/mol. The minimum atomic E-state index is -0.833. The van der Waals surface area contributed by atoms with Gasteiger partial charge in [0, 0.05) is 31.7 Å². The molecule has 1 unspecified atom stereocenters. The summed E-state index contributed by atoms with van der Waals surface area (Å²) >= 11 is 0. The molecule has 0 saturated carbocycles. The summed E-state index contributed by atoms with van der Waals surface area (Å²) in [6.45, 7) is 6.37. The average molecular weight is 649 g/mol. The SMILES string of the molecule is COc1cc(C2C(=C(O)c3ccc(OCc4ccccc4C)cc3)C(=O)C(=O)N2CCN2CCOCC2)ccc1OCc1ccccc1. The average Bonchev–Trinajstić information content (AvgIpc) is 3.38. The van der Waals surface area contributed by atoms with E-state index in [0.29, 0.717) is 67.9 Å². The highest BCUT2D eigenvalue weighted by Gasteiger charge is 2.46. The van der Waals surface area contributed by atoms with Crippen molar-refractivity contribution in [1.82, 2.24) is 9.80 Å². The molecule has 1 N–H and O–H groups in total. The molecule has 0 spiro atoms. The van der Waals surface area contributed by atoms with Gasteiger partial charge in [-0.2, -0.15) is 0 Å². The molecule has 2 saturated heterocycles. The summed E-state index contributed by atoms with van der Waals surface area (Å²) < 4.78 is 23.2. The van der Waals surface area contributed by atoms with Gasteiger partial charge in [0.2, 0.25) is 0 Å². The van der Waals surface area contributed by atoms with Gasteiger partial charge in [-0.3, -0.25) is 14.5 Å². The number of hydrogen-bond acceptors (Lipinski definition) is 8. The molecule has 0 aromatic heterocycles. The zero-order valence-corrected chi connectivity index (χ0v) is 27.3. The van der Waals surface area contributed by atoms with Gasteiger partial charge in [0.05, 0.1) is 31.9 Å². The third-order valence-electron chi connectivity index (χ3n) is 8.82. The van der Waals surface area contributed by atoms with Crippen LogP contribution in [0.1, 0.15) is 33.9 Å². The number of aliphatic hydroxyl groups excluding tert-OH is 1. The molecule has 1 atom stereocenters. The number of ketones is 1. The van der Waals surface area contributed by atoms with Crippen molar-refractivity contribution >= 4 is 17.4 Å². The summed E-state index contributed by atoms with van der Waals surface area (Å²) in [4.78, 5) is 31.0. The van der Waals surface area contributed by atoms with Crippen LogP contribution in [0, 0.1) is 6.92 Å². The molecule has 2 aliphatic heterocycles. The van der Waals surface area contributed by atoms with Crippen LogP contribution in [0.2, 0.25) is 0 Å². The Bertz CT molecular complexity index is 1770. The number of amides is 1.